The van der Waals surface area contributed by atoms with Gasteiger partial charge in [0.05, 0.1) is 6.21 Å². The average molecular weight is 421 g/mol. The van der Waals surface area contributed by atoms with Gasteiger partial charge in [0.15, 0.2) is 6.61 Å². The van der Waals surface area contributed by atoms with Gasteiger partial charge in [-0.15, -0.1) is 0 Å². The normalized spacial score (nSPS) is 10.6. The molecule has 0 aliphatic rings. The van der Waals surface area contributed by atoms with Crippen LogP contribution in [0.2, 0.25) is 0 Å². The predicted molar refractivity (Wildman–Crippen MR) is 123 cm³/mol. The molecule has 32 heavy (non-hydrogen) atoms. The molecule has 6 heteroatoms. The Morgan fingerprint density at radius 1 is 0.938 bits per heavy atom. The second-order valence-corrected chi connectivity index (χ2v) is 6.82. The minimum absolute atomic E-state index is 0.0749. The lowest BCUT2D eigenvalue weighted by atomic mass is 9.98. The Bertz CT molecular complexity index is 1260. The number of nitrogens with zero attached hydrogens (tertiary/aromatic N) is 2. The molecule has 0 atom stereocenters. The summed E-state index contributed by atoms with van der Waals surface area (Å²) in [7, 11) is 0. The van der Waals surface area contributed by atoms with Crippen molar-refractivity contribution in [3.8, 4) is 28.5 Å². The summed E-state index contributed by atoms with van der Waals surface area (Å²) in [5.74, 6) is 0.0946. The molecule has 1 N–H and O–H groups in total. The third kappa shape index (κ3) is 4.74. The summed E-state index contributed by atoms with van der Waals surface area (Å²) >= 11 is 0. The lowest BCUT2D eigenvalue weighted by Gasteiger charge is -2.03. The van der Waals surface area contributed by atoms with Gasteiger partial charge >= 0.3 is 0 Å². The molecule has 0 fully saturated rings. The molecule has 0 saturated heterocycles. The Balaban J connectivity index is 1.57. The van der Waals surface area contributed by atoms with Crippen LogP contribution in [0.1, 0.15) is 11.1 Å². The van der Waals surface area contributed by atoms with E-state index in [-0.39, 0.29) is 18.1 Å². The zero-order valence-electron chi connectivity index (χ0n) is 17.1. The van der Waals surface area contributed by atoms with Crippen molar-refractivity contribution in [1.82, 2.24) is 0 Å². The fourth-order valence-corrected chi connectivity index (χ4v) is 3.19. The maximum absolute atomic E-state index is 12.4. The van der Waals surface area contributed by atoms with Gasteiger partial charge in [-0.2, -0.15) is 5.26 Å². The van der Waals surface area contributed by atoms with Crippen LogP contribution in [0.4, 0.5) is 5.88 Å². The Morgan fingerprint density at radius 2 is 1.53 bits per heavy atom. The molecule has 0 aliphatic heterocycles. The van der Waals surface area contributed by atoms with Crippen LogP contribution in [0.3, 0.4) is 0 Å². The number of nitriles is 1. The van der Waals surface area contributed by atoms with Crippen LogP contribution < -0.4 is 5.32 Å². The van der Waals surface area contributed by atoms with Gasteiger partial charge < -0.3 is 9.25 Å². The van der Waals surface area contributed by atoms with Gasteiger partial charge in [0.1, 0.15) is 17.4 Å². The van der Waals surface area contributed by atoms with Crippen molar-refractivity contribution in [2.45, 2.75) is 0 Å². The summed E-state index contributed by atoms with van der Waals surface area (Å²) in [5.41, 5.74) is 3.34. The molecule has 4 aromatic rings. The van der Waals surface area contributed by atoms with Crippen LogP contribution in [0.15, 0.2) is 101 Å². The standard InChI is InChI=1S/C26H19N3O3/c27-16-22-24(20-12-6-2-7-13-20)25(21-14-8-3-9-15-21)32-26(22)29-23(30)18-31-28-17-19-10-4-1-5-11-19/h1-15,17H,18H2,(H,29,30)/b28-17+. The van der Waals surface area contributed by atoms with Gasteiger partial charge in [-0.1, -0.05) is 96.2 Å². The second kappa shape index (κ2) is 9.92. The van der Waals surface area contributed by atoms with Crippen LogP contribution in [0, 0.1) is 11.3 Å². The molecule has 1 heterocycles. The number of hydrogen-bond donors (Lipinski definition) is 1. The van der Waals surface area contributed by atoms with Gasteiger partial charge in [-0.25, -0.2) is 0 Å². The summed E-state index contributed by atoms with van der Waals surface area (Å²) in [6.45, 7) is -0.323. The van der Waals surface area contributed by atoms with E-state index >= 15 is 0 Å². The van der Waals surface area contributed by atoms with E-state index in [4.69, 9.17) is 9.25 Å². The lowest BCUT2D eigenvalue weighted by Crippen LogP contribution is -2.17. The number of anilines is 1. The minimum Gasteiger partial charge on any atom is -0.438 e. The second-order valence-electron chi connectivity index (χ2n) is 6.82. The van der Waals surface area contributed by atoms with E-state index in [0.29, 0.717) is 11.3 Å². The first kappa shape index (κ1) is 20.6. The number of rotatable bonds is 7. The van der Waals surface area contributed by atoms with E-state index in [0.717, 1.165) is 16.7 Å². The van der Waals surface area contributed by atoms with Crippen LogP contribution in [-0.2, 0) is 9.63 Å². The molecule has 0 radical (unpaired) electrons. The molecule has 4 rings (SSSR count). The van der Waals surface area contributed by atoms with Gasteiger partial charge in [0.25, 0.3) is 5.91 Å². The smallest absolute Gasteiger partial charge is 0.267 e. The predicted octanol–water partition coefficient (Wildman–Crippen LogP) is 5.47. The SMILES string of the molecule is N#Cc1c(NC(=O)CO/N=C/c2ccccc2)oc(-c2ccccc2)c1-c1ccccc1. The highest BCUT2D eigenvalue weighted by molar-refractivity contribution is 5.96. The fourth-order valence-electron chi connectivity index (χ4n) is 3.19. The van der Waals surface area contributed by atoms with E-state index in [1.54, 1.807) is 0 Å². The molecule has 1 amide bonds. The minimum atomic E-state index is -0.486. The number of oxime groups is 1. The van der Waals surface area contributed by atoms with Crippen molar-refractivity contribution in [2.75, 3.05) is 11.9 Å². The first-order valence-electron chi connectivity index (χ1n) is 9.94. The molecule has 3 aromatic carbocycles. The van der Waals surface area contributed by atoms with Crippen LogP contribution >= 0.6 is 0 Å². The average Bonchev–Trinajstić information content (AvgIpc) is 3.21. The number of carbonyl (C=O) groups is 1. The number of furan rings is 1. The van der Waals surface area contributed by atoms with Crippen LogP contribution in [0.5, 0.6) is 0 Å². The van der Waals surface area contributed by atoms with Crippen LogP contribution in [-0.4, -0.2) is 18.7 Å². The first-order chi connectivity index (χ1) is 15.8. The van der Waals surface area contributed by atoms with Crippen molar-refractivity contribution in [1.29, 1.82) is 5.26 Å². The van der Waals surface area contributed by atoms with Crippen molar-refractivity contribution in [2.24, 2.45) is 5.16 Å². The van der Waals surface area contributed by atoms with E-state index in [1.807, 2.05) is 91.0 Å². The van der Waals surface area contributed by atoms with Crippen molar-refractivity contribution in [3.63, 3.8) is 0 Å². The monoisotopic (exact) mass is 421 g/mol. The van der Waals surface area contributed by atoms with Gasteiger partial charge in [-0.3, -0.25) is 10.1 Å². The molecule has 0 saturated carbocycles. The molecule has 0 bridgehead atoms. The van der Waals surface area contributed by atoms with Crippen LogP contribution in [0.25, 0.3) is 22.5 Å². The summed E-state index contributed by atoms with van der Waals surface area (Å²) < 4.78 is 5.98. The summed E-state index contributed by atoms with van der Waals surface area (Å²) in [6.07, 6.45) is 1.52. The van der Waals surface area contributed by atoms with E-state index in [1.165, 1.54) is 6.21 Å². The maximum Gasteiger partial charge on any atom is 0.267 e. The van der Waals surface area contributed by atoms with Gasteiger partial charge in [0, 0.05) is 11.1 Å². The molecule has 0 spiro atoms. The largest absolute Gasteiger partial charge is 0.438 e. The fraction of sp³-hybridized carbons (Fsp3) is 0.0385. The number of hydrogen-bond acceptors (Lipinski definition) is 5. The highest BCUT2D eigenvalue weighted by Gasteiger charge is 2.24. The molecule has 0 aliphatic carbocycles. The van der Waals surface area contributed by atoms with Crippen molar-refractivity contribution in [3.05, 3.63) is 102 Å². The van der Waals surface area contributed by atoms with E-state index in [9.17, 15) is 10.1 Å². The van der Waals surface area contributed by atoms with E-state index < -0.39 is 5.91 Å². The first-order valence-corrected chi connectivity index (χ1v) is 9.94. The maximum atomic E-state index is 12.4. The quantitative estimate of drug-likeness (QED) is 0.316. The topological polar surface area (TPSA) is 87.6 Å². The highest BCUT2D eigenvalue weighted by atomic mass is 16.6. The Labute approximate surface area is 185 Å². The molecular formula is C26H19N3O3. The Kier molecular flexibility index (Phi) is 6.39. The Hall–Kier alpha value is -4.63. The summed E-state index contributed by atoms with van der Waals surface area (Å²) in [5, 5.41) is 16.3. The number of benzene rings is 3. The number of amides is 1. The molecule has 0 unspecified atom stereocenters. The van der Waals surface area contributed by atoms with Crippen molar-refractivity contribution >= 4 is 18.0 Å². The number of carbonyl (C=O) groups excluding carboxylic acids is 1. The van der Waals surface area contributed by atoms with Crippen molar-refractivity contribution < 1.29 is 14.0 Å². The van der Waals surface area contributed by atoms with Gasteiger partial charge in [0.2, 0.25) is 5.88 Å². The third-order valence-corrected chi connectivity index (χ3v) is 4.64. The highest BCUT2D eigenvalue weighted by Crippen LogP contribution is 2.41. The molecule has 156 valence electrons. The Morgan fingerprint density at radius 3 is 2.16 bits per heavy atom. The molecule has 6 nitrogen and oxygen atoms in total. The van der Waals surface area contributed by atoms with Gasteiger partial charge in [-0.05, 0) is 11.1 Å². The summed E-state index contributed by atoms with van der Waals surface area (Å²) in [6, 6.07) is 30.5. The molecular weight excluding hydrogens is 402 g/mol. The number of nitrogens with one attached hydrogen (secondary N) is 1. The third-order valence-electron chi connectivity index (χ3n) is 4.64. The molecule has 1 aromatic heterocycles. The lowest BCUT2D eigenvalue weighted by molar-refractivity contribution is -0.120. The zero-order valence-corrected chi connectivity index (χ0v) is 17.1. The van der Waals surface area contributed by atoms with E-state index in [2.05, 4.69) is 16.5 Å². The summed E-state index contributed by atoms with van der Waals surface area (Å²) in [4.78, 5) is 17.5. The zero-order chi connectivity index (χ0) is 22.2.